The number of aryl methyl sites for hydroxylation is 1. The molecule has 0 bridgehead atoms. The summed E-state index contributed by atoms with van der Waals surface area (Å²) in [7, 11) is 0. The molecule has 0 saturated carbocycles. The highest BCUT2D eigenvalue weighted by molar-refractivity contribution is 7.99. The maximum Gasteiger partial charge on any atom is 0.146 e. The first kappa shape index (κ1) is 11.0. The second-order valence-electron chi connectivity index (χ2n) is 3.89. The number of hydrogen-bond donors (Lipinski definition) is 1. The molecule has 0 spiro atoms. The molecule has 0 radical (unpaired) electrons. The SMILES string of the molecule is CCn1cnnc1CNCC1CCSC1. The Morgan fingerprint density at radius 2 is 2.60 bits per heavy atom. The van der Waals surface area contributed by atoms with Crippen LogP contribution in [0.1, 0.15) is 19.2 Å². The van der Waals surface area contributed by atoms with Gasteiger partial charge in [-0.05, 0) is 37.3 Å². The van der Waals surface area contributed by atoms with Gasteiger partial charge >= 0.3 is 0 Å². The molecule has 1 aromatic rings. The minimum absolute atomic E-state index is 0.842. The van der Waals surface area contributed by atoms with Gasteiger partial charge in [-0.3, -0.25) is 0 Å². The normalized spacial score (nSPS) is 21.0. The fourth-order valence-corrected chi connectivity index (χ4v) is 3.10. The maximum atomic E-state index is 4.10. The summed E-state index contributed by atoms with van der Waals surface area (Å²) in [6.07, 6.45) is 3.15. The van der Waals surface area contributed by atoms with Crippen LogP contribution < -0.4 is 5.32 Å². The molecular weight excluding hydrogens is 208 g/mol. The lowest BCUT2D eigenvalue weighted by atomic mass is 10.1. The number of aromatic nitrogens is 3. The van der Waals surface area contributed by atoms with Crippen LogP contribution in [-0.4, -0.2) is 32.8 Å². The van der Waals surface area contributed by atoms with E-state index in [1.165, 1.54) is 17.9 Å². The molecule has 1 aliphatic rings. The van der Waals surface area contributed by atoms with Crippen molar-refractivity contribution in [2.45, 2.75) is 26.4 Å². The zero-order chi connectivity index (χ0) is 10.5. The van der Waals surface area contributed by atoms with Gasteiger partial charge in [-0.25, -0.2) is 0 Å². The van der Waals surface area contributed by atoms with Crippen molar-refractivity contribution in [1.82, 2.24) is 20.1 Å². The van der Waals surface area contributed by atoms with Crippen LogP contribution >= 0.6 is 11.8 Å². The number of nitrogens with one attached hydrogen (secondary N) is 1. The highest BCUT2D eigenvalue weighted by Crippen LogP contribution is 2.22. The van der Waals surface area contributed by atoms with E-state index in [1.54, 1.807) is 6.33 Å². The third-order valence-electron chi connectivity index (χ3n) is 2.78. The Morgan fingerprint density at radius 3 is 3.33 bits per heavy atom. The molecular formula is C10H18N4S. The molecule has 0 aliphatic carbocycles. The summed E-state index contributed by atoms with van der Waals surface area (Å²) in [5.74, 6) is 4.54. The molecule has 2 rings (SSSR count). The average Bonchev–Trinajstić information content (AvgIpc) is 2.88. The highest BCUT2D eigenvalue weighted by Gasteiger charge is 2.14. The fraction of sp³-hybridized carbons (Fsp3) is 0.800. The van der Waals surface area contributed by atoms with Crippen LogP contribution in [-0.2, 0) is 13.1 Å². The van der Waals surface area contributed by atoms with Gasteiger partial charge < -0.3 is 9.88 Å². The highest BCUT2D eigenvalue weighted by atomic mass is 32.2. The smallest absolute Gasteiger partial charge is 0.146 e. The van der Waals surface area contributed by atoms with Crippen LogP contribution in [0.3, 0.4) is 0 Å². The van der Waals surface area contributed by atoms with Crippen LogP contribution in [0.2, 0.25) is 0 Å². The largest absolute Gasteiger partial charge is 0.317 e. The molecule has 1 aliphatic heterocycles. The van der Waals surface area contributed by atoms with E-state index in [0.29, 0.717) is 0 Å². The molecule has 0 amide bonds. The monoisotopic (exact) mass is 226 g/mol. The van der Waals surface area contributed by atoms with Gasteiger partial charge in [-0.15, -0.1) is 10.2 Å². The Hall–Kier alpha value is -0.550. The molecule has 5 heteroatoms. The summed E-state index contributed by atoms with van der Waals surface area (Å²) >= 11 is 2.06. The minimum atomic E-state index is 0.842. The van der Waals surface area contributed by atoms with Crippen LogP contribution in [0.5, 0.6) is 0 Å². The molecule has 2 heterocycles. The first-order chi connectivity index (χ1) is 7.40. The van der Waals surface area contributed by atoms with Gasteiger partial charge in [0.1, 0.15) is 12.2 Å². The zero-order valence-corrected chi connectivity index (χ0v) is 9.96. The van der Waals surface area contributed by atoms with Gasteiger partial charge in [0.25, 0.3) is 0 Å². The van der Waals surface area contributed by atoms with E-state index in [9.17, 15) is 0 Å². The Morgan fingerprint density at radius 1 is 1.67 bits per heavy atom. The van der Waals surface area contributed by atoms with Crippen LogP contribution in [0, 0.1) is 5.92 Å². The number of hydrogen-bond acceptors (Lipinski definition) is 4. The molecule has 1 aromatic heterocycles. The van der Waals surface area contributed by atoms with Crippen LogP contribution in [0.15, 0.2) is 6.33 Å². The van der Waals surface area contributed by atoms with Crippen molar-refractivity contribution in [3.8, 4) is 0 Å². The second-order valence-corrected chi connectivity index (χ2v) is 5.04. The van der Waals surface area contributed by atoms with E-state index < -0.39 is 0 Å². The summed E-state index contributed by atoms with van der Waals surface area (Å²) in [5.41, 5.74) is 0. The minimum Gasteiger partial charge on any atom is -0.317 e. The van der Waals surface area contributed by atoms with E-state index in [1.807, 2.05) is 0 Å². The van der Waals surface area contributed by atoms with Gasteiger partial charge in [0.2, 0.25) is 0 Å². The number of nitrogens with zero attached hydrogens (tertiary/aromatic N) is 3. The van der Waals surface area contributed by atoms with Gasteiger partial charge in [0.05, 0.1) is 6.54 Å². The summed E-state index contributed by atoms with van der Waals surface area (Å²) in [6.45, 7) is 5.02. The third kappa shape index (κ3) is 2.95. The quantitative estimate of drug-likeness (QED) is 0.817. The predicted molar refractivity (Wildman–Crippen MR) is 62.8 cm³/mol. The van der Waals surface area contributed by atoms with E-state index in [0.717, 1.165) is 31.4 Å². The second kappa shape index (κ2) is 5.51. The van der Waals surface area contributed by atoms with E-state index in [4.69, 9.17) is 0 Å². The first-order valence-electron chi connectivity index (χ1n) is 5.55. The van der Waals surface area contributed by atoms with Crippen molar-refractivity contribution in [2.24, 2.45) is 5.92 Å². The van der Waals surface area contributed by atoms with Crippen molar-refractivity contribution in [3.63, 3.8) is 0 Å². The molecule has 1 atom stereocenters. The third-order valence-corrected chi connectivity index (χ3v) is 4.01. The zero-order valence-electron chi connectivity index (χ0n) is 9.15. The molecule has 1 saturated heterocycles. The molecule has 1 unspecified atom stereocenters. The lowest BCUT2D eigenvalue weighted by Gasteiger charge is -2.09. The lowest BCUT2D eigenvalue weighted by Crippen LogP contribution is -2.23. The molecule has 4 nitrogen and oxygen atoms in total. The predicted octanol–water partition coefficient (Wildman–Crippen LogP) is 1.14. The molecule has 15 heavy (non-hydrogen) atoms. The lowest BCUT2D eigenvalue weighted by molar-refractivity contribution is 0.507. The van der Waals surface area contributed by atoms with E-state index >= 15 is 0 Å². The van der Waals surface area contributed by atoms with Gasteiger partial charge in [-0.2, -0.15) is 11.8 Å². The number of thioether (sulfide) groups is 1. The molecule has 84 valence electrons. The topological polar surface area (TPSA) is 42.7 Å². The Balaban J connectivity index is 1.73. The Kier molecular flexibility index (Phi) is 4.02. The van der Waals surface area contributed by atoms with Crippen molar-refractivity contribution in [1.29, 1.82) is 0 Å². The van der Waals surface area contributed by atoms with Crippen LogP contribution in [0.25, 0.3) is 0 Å². The summed E-state index contributed by atoms with van der Waals surface area (Å²) in [5, 5.41) is 11.5. The summed E-state index contributed by atoms with van der Waals surface area (Å²) < 4.78 is 2.08. The molecule has 1 fully saturated rings. The Bertz CT molecular complexity index is 293. The van der Waals surface area contributed by atoms with Crippen molar-refractivity contribution in [2.75, 3.05) is 18.1 Å². The van der Waals surface area contributed by atoms with E-state index in [2.05, 4.69) is 38.8 Å². The van der Waals surface area contributed by atoms with Crippen molar-refractivity contribution >= 4 is 11.8 Å². The van der Waals surface area contributed by atoms with Gasteiger partial charge in [-0.1, -0.05) is 0 Å². The average molecular weight is 226 g/mol. The molecule has 0 aromatic carbocycles. The van der Waals surface area contributed by atoms with Gasteiger partial charge in [0.15, 0.2) is 0 Å². The standard InChI is InChI=1S/C10H18N4S/c1-2-14-8-12-13-10(14)6-11-5-9-3-4-15-7-9/h8-9,11H,2-7H2,1H3. The van der Waals surface area contributed by atoms with Crippen LogP contribution in [0.4, 0.5) is 0 Å². The van der Waals surface area contributed by atoms with E-state index in [-0.39, 0.29) is 0 Å². The summed E-state index contributed by atoms with van der Waals surface area (Å²) in [6, 6.07) is 0. The van der Waals surface area contributed by atoms with Crippen molar-refractivity contribution < 1.29 is 0 Å². The fourth-order valence-electron chi connectivity index (χ4n) is 1.81. The van der Waals surface area contributed by atoms with Gasteiger partial charge in [0, 0.05) is 6.54 Å². The Labute approximate surface area is 94.8 Å². The first-order valence-corrected chi connectivity index (χ1v) is 6.70. The maximum absolute atomic E-state index is 4.10. The molecule has 1 N–H and O–H groups in total. The summed E-state index contributed by atoms with van der Waals surface area (Å²) in [4.78, 5) is 0. The van der Waals surface area contributed by atoms with Crippen molar-refractivity contribution in [3.05, 3.63) is 12.2 Å². The number of rotatable bonds is 5.